The highest BCUT2D eigenvalue weighted by molar-refractivity contribution is 5.92. The third kappa shape index (κ3) is 3.19. The first kappa shape index (κ1) is 15.8. The van der Waals surface area contributed by atoms with Crippen molar-refractivity contribution in [3.8, 4) is 0 Å². The number of hydrogen-bond acceptors (Lipinski definition) is 3. The van der Waals surface area contributed by atoms with Gasteiger partial charge in [0.05, 0.1) is 0 Å². The van der Waals surface area contributed by atoms with Crippen molar-refractivity contribution in [3.05, 3.63) is 35.9 Å². The lowest BCUT2D eigenvalue weighted by atomic mass is 10.1. The zero-order valence-corrected chi connectivity index (χ0v) is 12.5. The highest BCUT2D eigenvalue weighted by atomic mass is 16.4. The number of nitrogens with one attached hydrogen (secondary N) is 1. The SMILES string of the molecule is CN(C)C(=O)NC1CCN(C(C(=O)O)c2ccccc2)C1=O. The molecule has 0 bridgehead atoms. The van der Waals surface area contributed by atoms with E-state index in [0.29, 0.717) is 18.5 Å². The molecule has 22 heavy (non-hydrogen) atoms. The molecule has 1 saturated heterocycles. The Balaban J connectivity index is 2.16. The van der Waals surface area contributed by atoms with Crippen LogP contribution in [-0.4, -0.2) is 59.5 Å². The fourth-order valence-corrected chi connectivity index (χ4v) is 2.46. The lowest BCUT2D eigenvalue weighted by Crippen LogP contribution is -2.46. The number of carboxylic acids is 1. The minimum atomic E-state index is -1.08. The number of hydrogen-bond donors (Lipinski definition) is 2. The van der Waals surface area contributed by atoms with Gasteiger partial charge >= 0.3 is 12.0 Å². The number of rotatable bonds is 4. The predicted molar refractivity (Wildman–Crippen MR) is 79.2 cm³/mol. The summed E-state index contributed by atoms with van der Waals surface area (Å²) in [6.45, 7) is 0.295. The van der Waals surface area contributed by atoms with E-state index in [-0.39, 0.29) is 11.9 Å². The average Bonchev–Trinajstić information content (AvgIpc) is 2.82. The van der Waals surface area contributed by atoms with Gasteiger partial charge in [-0.05, 0) is 12.0 Å². The number of carbonyl (C=O) groups excluding carboxylic acids is 2. The van der Waals surface area contributed by atoms with Gasteiger partial charge in [-0.25, -0.2) is 9.59 Å². The van der Waals surface area contributed by atoms with Crippen LogP contribution in [0.25, 0.3) is 0 Å². The fraction of sp³-hybridized carbons (Fsp3) is 0.400. The van der Waals surface area contributed by atoms with Gasteiger partial charge in [0, 0.05) is 20.6 Å². The van der Waals surface area contributed by atoms with Gasteiger partial charge in [0.1, 0.15) is 6.04 Å². The molecule has 2 unspecified atom stereocenters. The molecule has 7 heteroatoms. The van der Waals surface area contributed by atoms with Gasteiger partial charge < -0.3 is 20.2 Å². The number of aliphatic carboxylic acids is 1. The van der Waals surface area contributed by atoms with Crippen molar-refractivity contribution in [3.63, 3.8) is 0 Å². The lowest BCUT2D eigenvalue weighted by Gasteiger charge is -2.25. The summed E-state index contributed by atoms with van der Waals surface area (Å²) in [4.78, 5) is 38.3. The van der Waals surface area contributed by atoms with Crippen molar-refractivity contribution in [2.75, 3.05) is 20.6 Å². The van der Waals surface area contributed by atoms with Gasteiger partial charge in [0.25, 0.3) is 0 Å². The van der Waals surface area contributed by atoms with E-state index in [9.17, 15) is 19.5 Å². The summed E-state index contributed by atoms with van der Waals surface area (Å²) in [6.07, 6.45) is 0.398. The summed E-state index contributed by atoms with van der Waals surface area (Å²) in [7, 11) is 3.16. The van der Waals surface area contributed by atoms with Crippen molar-refractivity contribution < 1.29 is 19.5 Å². The first-order valence-corrected chi connectivity index (χ1v) is 6.98. The van der Waals surface area contributed by atoms with E-state index in [2.05, 4.69) is 5.32 Å². The molecule has 0 aromatic heterocycles. The van der Waals surface area contributed by atoms with Gasteiger partial charge in [-0.3, -0.25) is 4.79 Å². The third-order valence-corrected chi connectivity index (χ3v) is 3.60. The molecule has 1 aliphatic heterocycles. The van der Waals surface area contributed by atoms with Crippen molar-refractivity contribution in [1.82, 2.24) is 15.1 Å². The second-order valence-electron chi connectivity index (χ2n) is 5.37. The monoisotopic (exact) mass is 305 g/mol. The van der Waals surface area contributed by atoms with Crippen LogP contribution in [-0.2, 0) is 9.59 Å². The lowest BCUT2D eigenvalue weighted by molar-refractivity contribution is -0.149. The molecule has 0 saturated carbocycles. The van der Waals surface area contributed by atoms with E-state index in [0.717, 1.165) is 0 Å². The van der Waals surface area contributed by atoms with Crippen LogP contribution in [0.5, 0.6) is 0 Å². The molecule has 1 aliphatic rings. The zero-order valence-electron chi connectivity index (χ0n) is 12.5. The van der Waals surface area contributed by atoms with E-state index >= 15 is 0 Å². The zero-order chi connectivity index (χ0) is 16.3. The summed E-state index contributed by atoms with van der Waals surface area (Å²) in [5.41, 5.74) is 0.544. The molecule has 0 aliphatic carbocycles. The number of urea groups is 1. The molecule has 1 aromatic rings. The van der Waals surface area contributed by atoms with Crippen LogP contribution in [0, 0.1) is 0 Å². The van der Waals surface area contributed by atoms with Crippen molar-refractivity contribution in [1.29, 1.82) is 0 Å². The van der Waals surface area contributed by atoms with E-state index in [4.69, 9.17) is 0 Å². The molecule has 0 radical (unpaired) electrons. The third-order valence-electron chi connectivity index (χ3n) is 3.60. The van der Waals surface area contributed by atoms with E-state index in [1.165, 1.54) is 9.80 Å². The molecule has 118 valence electrons. The maximum atomic E-state index is 12.4. The topological polar surface area (TPSA) is 90.0 Å². The van der Waals surface area contributed by atoms with Crippen LogP contribution in [0.15, 0.2) is 30.3 Å². The second-order valence-corrected chi connectivity index (χ2v) is 5.37. The Bertz CT molecular complexity index is 573. The molecular weight excluding hydrogens is 286 g/mol. The highest BCUT2D eigenvalue weighted by Crippen LogP contribution is 2.26. The summed E-state index contributed by atoms with van der Waals surface area (Å²) < 4.78 is 0. The van der Waals surface area contributed by atoms with Gasteiger partial charge in [0.15, 0.2) is 6.04 Å². The van der Waals surface area contributed by atoms with Crippen molar-refractivity contribution in [2.45, 2.75) is 18.5 Å². The molecule has 1 aromatic carbocycles. The molecule has 2 N–H and O–H groups in total. The summed E-state index contributed by atoms with van der Waals surface area (Å²) in [5, 5.41) is 12.1. The molecule has 1 fully saturated rings. The standard InChI is InChI=1S/C15H19N3O4/c1-17(2)15(22)16-11-8-9-18(13(11)19)12(14(20)21)10-6-4-3-5-7-10/h3-7,11-12H,8-9H2,1-2H3,(H,16,22)(H,20,21). The van der Waals surface area contributed by atoms with E-state index < -0.39 is 18.1 Å². The molecule has 2 rings (SSSR count). The normalized spacial score (nSPS) is 18.9. The van der Waals surface area contributed by atoms with E-state index in [1.807, 2.05) is 0 Å². The molecule has 2 atom stereocenters. The molecular formula is C15H19N3O4. The number of likely N-dealkylation sites (tertiary alicyclic amines) is 1. The number of carboxylic acid groups (broad SMARTS) is 1. The van der Waals surface area contributed by atoms with Crippen LogP contribution in [0.2, 0.25) is 0 Å². The van der Waals surface area contributed by atoms with Gasteiger partial charge in [-0.1, -0.05) is 30.3 Å². The van der Waals surface area contributed by atoms with Crippen LogP contribution >= 0.6 is 0 Å². The minimum absolute atomic E-state index is 0.295. The predicted octanol–water partition coefficient (Wildman–Crippen LogP) is 0.684. The Hall–Kier alpha value is -2.57. The van der Waals surface area contributed by atoms with Gasteiger partial charge in [-0.15, -0.1) is 0 Å². The first-order chi connectivity index (χ1) is 10.4. The van der Waals surface area contributed by atoms with Gasteiger partial charge in [-0.2, -0.15) is 0 Å². The largest absolute Gasteiger partial charge is 0.479 e. The second kappa shape index (κ2) is 6.46. The molecule has 0 spiro atoms. The number of carbonyl (C=O) groups is 3. The number of nitrogens with zero attached hydrogens (tertiary/aromatic N) is 2. The highest BCUT2D eigenvalue weighted by Gasteiger charge is 2.40. The maximum absolute atomic E-state index is 12.4. The van der Waals surface area contributed by atoms with Crippen molar-refractivity contribution >= 4 is 17.9 Å². The maximum Gasteiger partial charge on any atom is 0.331 e. The van der Waals surface area contributed by atoms with Crippen LogP contribution in [0.4, 0.5) is 4.79 Å². The van der Waals surface area contributed by atoms with Crippen molar-refractivity contribution in [2.24, 2.45) is 0 Å². The average molecular weight is 305 g/mol. The quantitative estimate of drug-likeness (QED) is 0.856. The Morgan fingerprint density at radius 1 is 1.32 bits per heavy atom. The molecule has 3 amide bonds. The minimum Gasteiger partial charge on any atom is -0.479 e. The smallest absolute Gasteiger partial charge is 0.331 e. The molecule has 7 nitrogen and oxygen atoms in total. The summed E-state index contributed by atoms with van der Waals surface area (Å²) in [5.74, 6) is -1.45. The molecule has 1 heterocycles. The Labute approximate surface area is 128 Å². The van der Waals surface area contributed by atoms with Crippen LogP contribution in [0.3, 0.4) is 0 Å². The van der Waals surface area contributed by atoms with Crippen LogP contribution in [0.1, 0.15) is 18.0 Å². The van der Waals surface area contributed by atoms with E-state index in [1.54, 1.807) is 44.4 Å². The summed E-state index contributed by atoms with van der Waals surface area (Å²) >= 11 is 0. The number of amides is 3. The Morgan fingerprint density at radius 2 is 1.95 bits per heavy atom. The first-order valence-electron chi connectivity index (χ1n) is 6.98. The Morgan fingerprint density at radius 3 is 2.50 bits per heavy atom. The van der Waals surface area contributed by atoms with Gasteiger partial charge in [0.2, 0.25) is 5.91 Å². The fourth-order valence-electron chi connectivity index (χ4n) is 2.46. The number of benzene rings is 1. The van der Waals surface area contributed by atoms with Crippen LogP contribution < -0.4 is 5.32 Å². The Kier molecular flexibility index (Phi) is 4.65. The summed E-state index contributed by atoms with van der Waals surface area (Å²) in [6, 6.07) is 6.53.